The number of nitrogens with one attached hydrogen (secondary N) is 2. The molecule has 3 aromatic rings. The number of aromatic nitrogens is 3. The first-order valence-electron chi connectivity index (χ1n) is 9.09. The van der Waals surface area contributed by atoms with Crippen molar-refractivity contribution in [2.45, 2.75) is 31.5 Å². The van der Waals surface area contributed by atoms with Crippen LogP contribution in [0.15, 0.2) is 59.7 Å². The van der Waals surface area contributed by atoms with Crippen LogP contribution in [0.1, 0.15) is 35.2 Å². The fourth-order valence-corrected chi connectivity index (χ4v) is 3.99. The van der Waals surface area contributed by atoms with Gasteiger partial charge in [-0.15, -0.1) is 0 Å². The summed E-state index contributed by atoms with van der Waals surface area (Å²) in [5, 5.41) is 16.5. The van der Waals surface area contributed by atoms with Gasteiger partial charge in [-0.05, 0) is 24.1 Å². The van der Waals surface area contributed by atoms with Crippen molar-refractivity contribution >= 4 is 5.97 Å². The summed E-state index contributed by atoms with van der Waals surface area (Å²) in [6.07, 6.45) is 3.37. The van der Waals surface area contributed by atoms with Crippen LogP contribution in [0.3, 0.4) is 0 Å². The highest BCUT2D eigenvalue weighted by Crippen LogP contribution is 2.44. The first-order valence-corrected chi connectivity index (χ1v) is 9.09. The Bertz CT molecular complexity index is 1020. The molecule has 4 rings (SSSR count). The number of nitrogens with zero attached hydrogens (tertiary/aromatic N) is 1. The van der Waals surface area contributed by atoms with E-state index in [0.29, 0.717) is 16.8 Å². The second-order valence-corrected chi connectivity index (χ2v) is 7.34. The summed E-state index contributed by atoms with van der Waals surface area (Å²) in [5.74, 6) is -2.15. The van der Waals surface area contributed by atoms with Crippen LogP contribution in [0.5, 0.6) is 0 Å². The zero-order valence-corrected chi connectivity index (χ0v) is 15.4. The van der Waals surface area contributed by atoms with Crippen molar-refractivity contribution in [1.29, 1.82) is 0 Å². The van der Waals surface area contributed by atoms with Crippen LogP contribution in [0.2, 0.25) is 0 Å². The minimum Gasteiger partial charge on any atom is -0.460 e. The molecule has 0 saturated carbocycles. The quantitative estimate of drug-likeness (QED) is 0.600. The van der Waals surface area contributed by atoms with Crippen LogP contribution in [0, 0.1) is 5.92 Å². The number of esters is 1. The van der Waals surface area contributed by atoms with Gasteiger partial charge in [0.15, 0.2) is 0 Å². The Morgan fingerprint density at radius 2 is 2.04 bits per heavy atom. The third-order valence-electron chi connectivity index (χ3n) is 5.27. The fourth-order valence-electron chi connectivity index (χ4n) is 3.99. The van der Waals surface area contributed by atoms with Gasteiger partial charge in [0.05, 0.1) is 11.5 Å². The number of benzene rings is 1. The molecule has 144 valence electrons. The molecule has 0 radical (unpaired) electrons. The zero-order valence-electron chi connectivity index (χ0n) is 15.4. The van der Waals surface area contributed by atoms with Crippen LogP contribution < -0.4 is 5.56 Å². The molecule has 0 aliphatic heterocycles. The van der Waals surface area contributed by atoms with Gasteiger partial charge in [-0.3, -0.25) is 19.7 Å². The van der Waals surface area contributed by atoms with E-state index >= 15 is 0 Å². The summed E-state index contributed by atoms with van der Waals surface area (Å²) in [6, 6.07) is 12.9. The molecule has 1 aromatic carbocycles. The number of carbonyl (C=O) groups excluding carboxylic acids is 1. The minimum absolute atomic E-state index is 0.0996. The van der Waals surface area contributed by atoms with E-state index < -0.39 is 23.4 Å². The van der Waals surface area contributed by atoms with E-state index in [2.05, 4.69) is 15.2 Å². The van der Waals surface area contributed by atoms with Crippen LogP contribution in [0.4, 0.5) is 0 Å². The molecule has 0 fully saturated rings. The number of pyridine rings is 1. The number of aliphatic hydroxyl groups is 1. The van der Waals surface area contributed by atoms with Gasteiger partial charge in [0.2, 0.25) is 0 Å². The number of H-pyrrole nitrogens is 2. The molecule has 3 N–H and O–H groups in total. The molecule has 2 aromatic heterocycles. The molecular weight excluding hydrogens is 358 g/mol. The molecule has 2 heterocycles. The molecule has 0 saturated heterocycles. The van der Waals surface area contributed by atoms with Crippen molar-refractivity contribution in [2.75, 3.05) is 0 Å². The second-order valence-electron chi connectivity index (χ2n) is 7.34. The summed E-state index contributed by atoms with van der Waals surface area (Å²) in [4.78, 5) is 29.7. The Morgan fingerprint density at radius 3 is 2.75 bits per heavy atom. The highest BCUT2D eigenvalue weighted by Gasteiger charge is 2.51. The number of carbonyl (C=O) groups is 1. The van der Waals surface area contributed by atoms with E-state index in [1.807, 2.05) is 30.3 Å². The normalized spacial score (nSPS) is 23.8. The van der Waals surface area contributed by atoms with Gasteiger partial charge < -0.3 is 14.9 Å². The summed E-state index contributed by atoms with van der Waals surface area (Å²) >= 11 is 0. The Kier molecular flexibility index (Phi) is 4.60. The highest BCUT2D eigenvalue weighted by atomic mass is 16.5. The van der Waals surface area contributed by atoms with Gasteiger partial charge in [-0.1, -0.05) is 36.4 Å². The molecular formula is C21H21N3O4. The molecule has 1 aliphatic carbocycles. The monoisotopic (exact) mass is 379 g/mol. The molecule has 1 aliphatic rings. The average Bonchev–Trinajstić information content (AvgIpc) is 3.05. The van der Waals surface area contributed by atoms with Crippen molar-refractivity contribution in [3.8, 4) is 0 Å². The Balaban J connectivity index is 1.73. The topological polar surface area (TPSA) is 108 Å². The first-order chi connectivity index (χ1) is 13.5. The summed E-state index contributed by atoms with van der Waals surface area (Å²) in [7, 11) is 0. The number of fused-ring (bicyclic) bond motifs is 1. The molecule has 0 amide bonds. The maximum atomic E-state index is 13.1. The predicted octanol–water partition coefficient (Wildman–Crippen LogP) is 1.90. The molecule has 0 spiro atoms. The Hall–Kier alpha value is -3.19. The lowest BCUT2D eigenvalue weighted by molar-refractivity contribution is -0.161. The van der Waals surface area contributed by atoms with Crippen molar-refractivity contribution in [3.05, 3.63) is 87.6 Å². The van der Waals surface area contributed by atoms with E-state index in [1.54, 1.807) is 31.5 Å². The van der Waals surface area contributed by atoms with Crippen LogP contribution in [0.25, 0.3) is 0 Å². The van der Waals surface area contributed by atoms with Gasteiger partial charge in [0.1, 0.15) is 6.61 Å². The van der Waals surface area contributed by atoms with Gasteiger partial charge in [0.25, 0.3) is 5.56 Å². The third kappa shape index (κ3) is 3.25. The van der Waals surface area contributed by atoms with Gasteiger partial charge in [-0.2, -0.15) is 0 Å². The van der Waals surface area contributed by atoms with Crippen molar-refractivity contribution in [1.82, 2.24) is 15.2 Å². The molecule has 0 unspecified atom stereocenters. The lowest BCUT2D eigenvalue weighted by atomic mass is 9.66. The third-order valence-corrected chi connectivity index (χ3v) is 5.27. The van der Waals surface area contributed by atoms with E-state index in [-0.39, 0.29) is 18.6 Å². The van der Waals surface area contributed by atoms with Gasteiger partial charge in [-0.25, -0.2) is 0 Å². The smallest absolute Gasteiger partial charge is 0.313 e. The van der Waals surface area contributed by atoms with Crippen molar-refractivity contribution in [3.63, 3.8) is 0 Å². The van der Waals surface area contributed by atoms with Gasteiger partial charge in [0, 0.05) is 36.0 Å². The average molecular weight is 379 g/mol. The number of hydrogen-bond acceptors (Lipinski definition) is 5. The van der Waals surface area contributed by atoms with Crippen molar-refractivity contribution < 1.29 is 14.6 Å². The van der Waals surface area contributed by atoms with Crippen LogP contribution in [-0.4, -0.2) is 31.9 Å². The maximum Gasteiger partial charge on any atom is 0.313 e. The lowest BCUT2D eigenvalue weighted by Crippen LogP contribution is -2.50. The largest absolute Gasteiger partial charge is 0.460 e. The maximum absolute atomic E-state index is 13.1. The number of rotatable bonds is 4. The molecule has 7 heteroatoms. The minimum atomic E-state index is -1.40. The number of aromatic amines is 2. The van der Waals surface area contributed by atoms with E-state index in [1.165, 1.54) is 0 Å². The lowest BCUT2D eigenvalue weighted by Gasteiger charge is -2.40. The summed E-state index contributed by atoms with van der Waals surface area (Å²) in [5.41, 5.74) is 0.865. The molecule has 28 heavy (non-hydrogen) atoms. The molecule has 0 bridgehead atoms. The van der Waals surface area contributed by atoms with Crippen molar-refractivity contribution in [2.24, 2.45) is 5.92 Å². The molecule has 7 nitrogen and oxygen atoms in total. The van der Waals surface area contributed by atoms with E-state index in [4.69, 9.17) is 4.74 Å². The Labute approximate surface area is 161 Å². The second kappa shape index (κ2) is 7.09. The fraction of sp³-hybridized carbons (Fsp3) is 0.286. The summed E-state index contributed by atoms with van der Waals surface area (Å²) < 4.78 is 5.54. The molecule has 3 atom stereocenters. The Morgan fingerprint density at radius 1 is 1.25 bits per heavy atom. The van der Waals surface area contributed by atoms with Crippen LogP contribution >= 0.6 is 0 Å². The predicted molar refractivity (Wildman–Crippen MR) is 102 cm³/mol. The van der Waals surface area contributed by atoms with E-state index in [9.17, 15) is 14.7 Å². The number of ether oxygens (including phenoxy) is 1. The van der Waals surface area contributed by atoms with E-state index in [0.717, 1.165) is 5.56 Å². The van der Waals surface area contributed by atoms with Gasteiger partial charge >= 0.3 is 5.97 Å². The SMILES string of the molecule is C[C@]1(O)Cc2[nH][nH]c(=O)c2[C@H](c2cccnc2)[C@H]1C(=O)OCc1ccccc1. The number of hydrogen-bond donors (Lipinski definition) is 3. The summed E-state index contributed by atoms with van der Waals surface area (Å²) in [6.45, 7) is 1.70. The highest BCUT2D eigenvalue weighted by molar-refractivity contribution is 5.77. The van der Waals surface area contributed by atoms with Crippen LogP contribution in [-0.2, 0) is 22.6 Å². The zero-order chi connectivity index (χ0) is 19.7. The first kappa shape index (κ1) is 18.2. The standard InChI is InChI=1S/C21H21N3O4/c1-21(27)10-15-17(19(25)24-23-15)16(14-8-5-9-22-11-14)18(21)20(26)28-12-13-6-3-2-4-7-13/h2-9,11,16,18,27H,10,12H2,1H3,(H2,23,24,25)/t16-,18-,21-/m0/s1.